The highest BCUT2D eigenvalue weighted by molar-refractivity contribution is 5.78. The van der Waals surface area contributed by atoms with Crippen molar-refractivity contribution in [2.45, 2.75) is 6.54 Å². The minimum atomic E-state index is -0.113. The summed E-state index contributed by atoms with van der Waals surface area (Å²) < 4.78 is 7.13. The Labute approximate surface area is 138 Å². The topological polar surface area (TPSA) is 76.0 Å². The van der Waals surface area contributed by atoms with Crippen molar-refractivity contribution in [1.29, 1.82) is 0 Å². The number of nitrogens with zero attached hydrogens (tertiary/aromatic N) is 4. The Morgan fingerprint density at radius 2 is 1.92 bits per heavy atom. The fourth-order valence-corrected chi connectivity index (χ4v) is 3.02. The number of hydrogen-bond donors (Lipinski definition) is 1. The van der Waals surface area contributed by atoms with Gasteiger partial charge in [-0.05, 0) is 23.8 Å². The van der Waals surface area contributed by atoms with Crippen LogP contribution in [0.3, 0.4) is 0 Å². The number of rotatable bonds is 4. The molecule has 3 aromatic heterocycles. The van der Waals surface area contributed by atoms with Crippen LogP contribution in [-0.4, -0.2) is 57.3 Å². The largest absolute Gasteiger partial charge is 0.379 e. The molecule has 0 atom stereocenters. The van der Waals surface area contributed by atoms with Crippen LogP contribution in [0, 0.1) is 0 Å². The molecule has 0 aromatic carbocycles. The van der Waals surface area contributed by atoms with Crippen LogP contribution < -0.4 is 5.69 Å². The van der Waals surface area contributed by atoms with Gasteiger partial charge < -0.3 is 4.74 Å². The van der Waals surface area contributed by atoms with Crippen LogP contribution in [0.1, 0.15) is 0 Å². The molecular formula is C17H19N5O2. The molecule has 124 valence electrons. The number of ether oxygens (including phenoxy) is 1. The van der Waals surface area contributed by atoms with Gasteiger partial charge in [-0.25, -0.2) is 9.78 Å². The van der Waals surface area contributed by atoms with Crippen LogP contribution >= 0.6 is 0 Å². The average Bonchev–Trinajstić information content (AvgIpc) is 2.96. The summed E-state index contributed by atoms with van der Waals surface area (Å²) in [6.45, 7) is 4.82. The summed E-state index contributed by atoms with van der Waals surface area (Å²) in [5, 5.41) is 0. The molecule has 3 aromatic rings. The summed E-state index contributed by atoms with van der Waals surface area (Å²) in [6.07, 6.45) is 5.28. The summed E-state index contributed by atoms with van der Waals surface area (Å²) in [5.41, 5.74) is 3.36. The average molecular weight is 325 g/mol. The summed E-state index contributed by atoms with van der Waals surface area (Å²) in [5.74, 6) is 0. The lowest BCUT2D eigenvalue weighted by atomic mass is 10.1. The van der Waals surface area contributed by atoms with E-state index >= 15 is 0 Å². The van der Waals surface area contributed by atoms with Gasteiger partial charge in [0.05, 0.1) is 18.7 Å². The lowest BCUT2D eigenvalue weighted by molar-refractivity contribution is 0.0364. The highest BCUT2D eigenvalue weighted by Gasteiger charge is 2.13. The minimum absolute atomic E-state index is 0.113. The predicted molar refractivity (Wildman–Crippen MR) is 90.8 cm³/mol. The fourth-order valence-electron chi connectivity index (χ4n) is 3.02. The maximum absolute atomic E-state index is 12.3. The predicted octanol–water partition coefficient (Wildman–Crippen LogP) is 1.12. The Kier molecular flexibility index (Phi) is 4.10. The van der Waals surface area contributed by atoms with Gasteiger partial charge in [0.25, 0.3) is 0 Å². The summed E-state index contributed by atoms with van der Waals surface area (Å²) >= 11 is 0. The first-order valence-corrected chi connectivity index (χ1v) is 8.10. The number of hydrogen-bond acceptors (Lipinski definition) is 5. The van der Waals surface area contributed by atoms with Crippen molar-refractivity contribution in [2.75, 3.05) is 32.8 Å². The van der Waals surface area contributed by atoms with Crippen LogP contribution in [0.15, 0.2) is 41.6 Å². The zero-order valence-electron chi connectivity index (χ0n) is 13.3. The Hall–Kier alpha value is -2.51. The third-order valence-electron chi connectivity index (χ3n) is 4.39. The van der Waals surface area contributed by atoms with Gasteiger partial charge in [0.15, 0.2) is 5.65 Å². The first kappa shape index (κ1) is 15.0. The van der Waals surface area contributed by atoms with Crippen molar-refractivity contribution in [1.82, 2.24) is 24.4 Å². The molecule has 4 rings (SSSR count). The molecule has 0 unspecified atom stereocenters. The molecule has 7 heteroatoms. The van der Waals surface area contributed by atoms with Crippen molar-refractivity contribution in [2.24, 2.45) is 0 Å². The lowest BCUT2D eigenvalue weighted by Gasteiger charge is -2.26. The molecule has 24 heavy (non-hydrogen) atoms. The molecule has 0 spiro atoms. The second-order valence-corrected chi connectivity index (χ2v) is 5.86. The van der Waals surface area contributed by atoms with Gasteiger partial charge in [-0.15, -0.1) is 0 Å². The Balaban J connectivity index is 1.64. The standard InChI is InChI=1S/C17H19N5O2/c23-17-20-16-15(22(17)6-5-21-7-9-24-10-8-21)11-14(12-19-16)13-1-3-18-4-2-13/h1-4,11-12H,5-10H2,(H,19,20,23). The van der Waals surface area contributed by atoms with Crippen molar-refractivity contribution in [3.8, 4) is 11.1 Å². The van der Waals surface area contributed by atoms with Crippen molar-refractivity contribution in [3.05, 3.63) is 47.3 Å². The van der Waals surface area contributed by atoms with E-state index in [1.165, 1.54) is 0 Å². The fraction of sp³-hybridized carbons (Fsp3) is 0.353. The van der Waals surface area contributed by atoms with Gasteiger partial charge in [0.2, 0.25) is 0 Å². The van der Waals surface area contributed by atoms with E-state index < -0.39 is 0 Å². The van der Waals surface area contributed by atoms with Gasteiger partial charge in [-0.2, -0.15) is 0 Å². The monoisotopic (exact) mass is 325 g/mol. The van der Waals surface area contributed by atoms with E-state index in [9.17, 15) is 4.79 Å². The van der Waals surface area contributed by atoms with Gasteiger partial charge >= 0.3 is 5.69 Å². The van der Waals surface area contributed by atoms with E-state index in [1.807, 2.05) is 18.2 Å². The van der Waals surface area contributed by atoms with E-state index in [-0.39, 0.29) is 5.69 Å². The molecule has 0 aliphatic carbocycles. The van der Waals surface area contributed by atoms with Crippen molar-refractivity contribution in [3.63, 3.8) is 0 Å². The van der Waals surface area contributed by atoms with Crippen LogP contribution in [-0.2, 0) is 11.3 Å². The SMILES string of the molecule is O=c1[nH]c2ncc(-c3ccncc3)cc2n1CCN1CCOCC1. The Bertz CT molecular complexity index is 881. The Morgan fingerprint density at radius 3 is 2.71 bits per heavy atom. The van der Waals surface area contributed by atoms with Gasteiger partial charge in [0, 0.05) is 50.3 Å². The van der Waals surface area contributed by atoms with E-state index in [4.69, 9.17) is 4.74 Å². The quantitative estimate of drug-likeness (QED) is 0.778. The maximum Gasteiger partial charge on any atom is 0.327 e. The number of morpholine rings is 1. The maximum atomic E-state index is 12.3. The molecule has 7 nitrogen and oxygen atoms in total. The number of aromatic amines is 1. The zero-order valence-corrected chi connectivity index (χ0v) is 13.3. The first-order chi connectivity index (χ1) is 11.8. The van der Waals surface area contributed by atoms with Gasteiger partial charge in [-0.3, -0.25) is 19.4 Å². The molecule has 0 bridgehead atoms. The number of nitrogens with one attached hydrogen (secondary N) is 1. The second kappa shape index (κ2) is 6.54. The van der Waals surface area contributed by atoms with Crippen LogP contribution in [0.25, 0.3) is 22.3 Å². The molecule has 1 saturated heterocycles. The summed E-state index contributed by atoms with van der Waals surface area (Å²) in [6, 6.07) is 5.88. The molecule has 0 radical (unpaired) electrons. The summed E-state index contributed by atoms with van der Waals surface area (Å²) in [4.78, 5) is 25.9. The smallest absolute Gasteiger partial charge is 0.327 e. The number of fused-ring (bicyclic) bond motifs is 1. The number of imidazole rings is 1. The highest BCUT2D eigenvalue weighted by Crippen LogP contribution is 2.20. The molecule has 1 aliphatic heterocycles. The number of H-pyrrole nitrogens is 1. The summed E-state index contributed by atoms with van der Waals surface area (Å²) in [7, 11) is 0. The van der Waals surface area contributed by atoms with E-state index in [1.54, 1.807) is 23.2 Å². The van der Waals surface area contributed by atoms with E-state index in [0.717, 1.165) is 49.5 Å². The Morgan fingerprint density at radius 1 is 1.12 bits per heavy atom. The zero-order chi connectivity index (χ0) is 16.4. The van der Waals surface area contributed by atoms with E-state index in [2.05, 4.69) is 19.9 Å². The van der Waals surface area contributed by atoms with Gasteiger partial charge in [-0.1, -0.05) is 0 Å². The molecule has 0 amide bonds. The molecule has 4 heterocycles. The molecule has 0 saturated carbocycles. The van der Waals surface area contributed by atoms with Gasteiger partial charge in [0.1, 0.15) is 0 Å². The molecular weight excluding hydrogens is 306 g/mol. The van der Waals surface area contributed by atoms with Crippen LogP contribution in [0.4, 0.5) is 0 Å². The van der Waals surface area contributed by atoms with Crippen LogP contribution in [0.2, 0.25) is 0 Å². The first-order valence-electron chi connectivity index (χ1n) is 8.10. The van der Waals surface area contributed by atoms with Crippen molar-refractivity contribution < 1.29 is 4.74 Å². The molecule has 1 fully saturated rings. The van der Waals surface area contributed by atoms with E-state index in [0.29, 0.717) is 12.2 Å². The lowest BCUT2D eigenvalue weighted by Crippen LogP contribution is -2.39. The highest BCUT2D eigenvalue weighted by atomic mass is 16.5. The third-order valence-corrected chi connectivity index (χ3v) is 4.39. The van der Waals surface area contributed by atoms with Crippen LogP contribution in [0.5, 0.6) is 0 Å². The van der Waals surface area contributed by atoms with Crippen molar-refractivity contribution >= 4 is 11.2 Å². The number of pyridine rings is 2. The third kappa shape index (κ3) is 2.95. The normalized spacial score (nSPS) is 15.8. The number of aromatic nitrogens is 4. The molecule has 1 aliphatic rings. The minimum Gasteiger partial charge on any atom is -0.379 e. The second-order valence-electron chi connectivity index (χ2n) is 5.86. The molecule has 1 N–H and O–H groups in total.